The molecule has 0 radical (unpaired) electrons. The van der Waals surface area contributed by atoms with Crippen molar-refractivity contribution >= 4 is 11.8 Å². The van der Waals surface area contributed by atoms with E-state index in [0.29, 0.717) is 24.9 Å². The van der Waals surface area contributed by atoms with E-state index < -0.39 is 0 Å². The Hall–Kier alpha value is -1.91. The van der Waals surface area contributed by atoms with Gasteiger partial charge in [-0.05, 0) is 45.1 Å². The van der Waals surface area contributed by atoms with Crippen LogP contribution in [0.5, 0.6) is 0 Å². The van der Waals surface area contributed by atoms with Gasteiger partial charge in [0.15, 0.2) is 0 Å². The molecule has 0 heterocycles. The maximum Gasteiger partial charge on any atom is 0.223 e. The molecule has 3 rings (SSSR count). The number of nitrogens with one attached hydrogen (secondary N) is 1. The maximum atomic E-state index is 14.0. The lowest BCUT2D eigenvalue weighted by Crippen LogP contribution is -2.36. The summed E-state index contributed by atoms with van der Waals surface area (Å²) in [5.74, 6) is 0.0973. The predicted octanol–water partition coefficient (Wildman–Crippen LogP) is 3.18. The molecule has 5 heteroatoms. The van der Waals surface area contributed by atoms with Crippen molar-refractivity contribution in [1.29, 1.82) is 0 Å². The van der Waals surface area contributed by atoms with E-state index in [1.807, 2.05) is 11.8 Å². The van der Waals surface area contributed by atoms with Crippen molar-refractivity contribution in [3.8, 4) is 0 Å². The molecule has 2 aliphatic carbocycles. The van der Waals surface area contributed by atoms with Crippen molar-refractivity contribution in [3.05, 3.63) is 35.6 Å². The summed E-state index contributed by atoms with van der Waals surface area (Å²) in [6.45, 7) is 2.43. The smallest absolute Gasteiger partial charge is 0.223 e. The van der Waals surface area contributed by atoms with Crippen LogP contribution < -0.4 is 5.32 Å². The molecule has 0 spiro atoms. The van der Waals surface area contributed by atoms with E-state index in [1.165, 1.54) is 6.07 Å². The number of hydrogen-bond donors (Lipinski definition) is 1. The molecule has 130 valence electrons. The second kappa shape index (κ2) is 7.32. The Morgan fingerprint density at radius 2 is 1.96 bits per heavy atom. The molecule has 2 amide bonds. The van der Waals surface area contributed by atoms with Gasteiger partial charge in [0, 0.05) is 30.5 Å². The fraction of sp³-hybridized carbons (Fsp3) is 0.579. The first-order valence-corrected chi connectivity index (χ1v) is 8.91. The van der Waals surface area contributed by atoms with Gasteiger partial charge >= 0.3 is 0 Å². The molecule has 2 fully saturated rings. The van der Waals surface area contributed by atoms with Gasteiger partial charge in [-0.2, -0.15) is 0 Å². The summed E-state index contributed by atoms with van der Waals surface area (Å²) in [5, 5.41) is 2.88. The minimum Gasteiger partial charge on any atom is -0.356 e. The van der Waals surface area contributed by atoms with Crippen LogP contribution >= 0.6 is 0 Å². The number of benzene rings is 1. The Bertz CT molecular complexity index is 611. The zero-order chi connectivity index (χ0) is 17.1. The number of halogens is 1. The lowest BCUT2D eigenvalue weighted by Gasteiger charge is -2.30. The molecule has 0 saturated heterocycles. The van der Waals surface area contributed by atoms with Gasteiger partial charge in [-0.3, -0.25) is 9.59 Å². The molecule has 0 aromatic heterocycles. The van der Waals surface area contributed by atoms with E-state index >= 15 is 0 Å². The zero-order valence-electron chi connectivity index (χ0n) is 14.1. The Kier molecular flexibility index (Phi) is 5.17. The number of carbonyl (C=O) groups is 2. The van der Waals surface area contributed by atoms with Gasteiger partial charge in [0.1, 0.15) is 5.82 Å². The van der Waals surface area contributed by atoms with E-state index in [0.717, 1.165) is 25.7 Å². The highest BCUT2D eigenvalue weighted by Gasteiger charge is 2.36. The molecule has 2 saturated carbocycles. The fourth-order valence-corrected chi connectivity index (χ4v) is 3.12. The average Bonchev–Trinajstić information content (AvgIpc) is 3.45. The Labute approximate surface area is 142 Å². The third-order valence-electron chi connectivity index (χ3n) is 4.82. The Balaban J connectivity index is 1.53. The van der Waals surface area contributed by atoms with E-state index in [4.69, 9.17) is 0 Å². The third-order valence-corrected chi connectivity index (χ3v) is 4.82. The summed E-state index contributed by atoms with van der Waals surface area (Å²) in [6, 6.07) is 6.63. The van der Waals surface area contributed by atoms with Gasteiger partial charge in [0.05, 0.1) is 6.04 Å². The summed E-state index contributed by atoms with van der Waals surface area (Å²) in [5.41, 5.74) is 0.569. The van der Waals surface area contributed by atoms with Crippen LogP contribution in [0.3, 0.4) is 0 Å². The average molecular weight is 332 g/mol. The minimum atomic E-state index is -0.264. The van der Waals surface area contributed by atoms with Crippen LogP contribution in [-0.4, -0.2) is 29.3 Å². The fourth-order valence-electron chi connectivity index (χ4n) is 3.12. The lowest BCUT2D eigenvalue weighted by molar-refractivity contribution is -0.134. The SMILES string of the molecule is CC(c1ccccc1F)N(C(=O)CCCNC(=O)C1CC1)C1CC1. The second-order valence-corrected chi connectivity index (χ2v) is 6.90. The number of hydrogen-bond acceptors (Lipinski definition) is 2. The lowest BCUT2D eigenvalue weighted by atomic mass is 10.1. The van der Waals surface area contributed by atoms with E-state index in [9.17, 15) is 14.0 Å². The van der Waals surface area contributed by atoms with Crippen LogP contribution in [0.4, 0.5) is 4.39 Å². The summed E-state index contributed by atoms with van der Waals surface area (Å²) in [7, 11) is 0. The van der Waals surface area contributed by atoms with Crippen molar-refractivity contribution in [2.24, 2.45) is 5.92 Å². The van der Waals surface area contributed by atoms with Crippen LogP contribution in [0.25, 0.3) is 0 Å². The highest BCUT2D eigenvalue weighted by Crippen LogP contribution is 2.35. The van der Waals surface area contributed by atoms with Crippen molar-refractivity contribution in [3.63, 3.8) is 0 Å². The predicted molar refractivity (Wildman–Crippen MR) is 89.7 cm³/mol. The van der Waals surface area contributed by atoms with Crippen molar-refractivity contribution in [2.45, 2.75) is 57.5 Å². The second-order valence-electron chi connectivity index (χ2n) is 6.90. The standard InChI is InChI=1S/C19H25FN2O2/c1-13(16-5-2-3-6-17(16)20)22(15-10-11-15)18(23)7-4-12-21-19(24)14-8-9-14/h2-3,5-6,13-15H,4,7-12H2,1H3,(H,21,24). The first-order chi connectivity index (χ1) is 11.6. The van der Waals surface area contributed by atoms with Crippen LogP contribution in [-0.2, 0) is 9.59 Å². The highest BCUT2D eigenvalue weighted by atomic mass is 19.1. The summed E-state index contributed by atoms with van der Waals surface area (Å²) in [4.78, 5) is 26.1. The van der Waals surface area contributed by atoms with E-state index in [1.54, 1.807) is 18.2 Å². The maximum absolute atomic E-state index is 14.0. The molecule has 1 atom stereocenters. The van der Waals surface area contributed by atoms with Crippen molar-refractivity contribution < 1.29 is 14.0 Å². The molecule has 2 aliphatic rings. The van der Waals surface area contributed by atoms with Crippen LogP contribution in [0.15, 0.2) is 24.3 Å². The van der Waals surface area contributed by atoms with Crippen molar-refractivity contribution in [2.75, 3.05) is 6.54 Å². The van der Waals surface area contributed by atoms with Gasteiger partial charge in [-0.15, -0.1) is 0 Å². The highest BCUT2D eigenvalue weighted by molar-refractivity contribution is 5.81. The van der Waals surface area contributed by atoms with Crippen LogP contribution in [0.1, 0.15) is 57.1 Å². The summed E-state index contributed by atoms with van der Waals surface area (Å²) < 4.78 is 14.0. The van der Waals surface area contributed by atoms with E-state index in [-0.39, 0.29) is 35.6 Å². The topological polar surface area (TPSA) is 49.4 Å². The molecule has 1 unspecified atom stereocenters. The zero-order valence-corrected chi connectivity index (χ0v) is 14.1. The summed E-state index contributed by atoms with van der Waals surface area (Å²) in [6.07, 6.45) is 4.97. The Morgan fingerprint density at radius 3 is 2.58 bits per heavy atom. The molecule has 0 aliphatic heterocycles. The van der Waals surface area contributed by atoms with Gasteiger partial charge < -0.3 is 10.2 Å². The molecule has 1 aromatic carbocycles. The summed E-state index contributed by atoms with van der Waals surface area (Å²) >= 11 is 0. The first-order valence-electron chi connectivity index (χ1n) is 8.91. The quantitative estimate of drug-likeness (QED) is 0.743. The molecule has 0 bridgehead atoms. The number of rotatable bonds is 8. The van der Waals surface area contributed by atoms with Gasteiger partial charge in [-0.1, -0.05) is 18.2 Å². The molecular formula is C19H25FN2O2. The van der Waals surface area contributed by atoms with Crippen molar-refractivity contribution in [1.82, 2.24) is 10.2 Å². The number of carbonyl (C=O) groups excluding carboxylic acids is 2. The number of amides is 2. The molecule has 4 nitrogen and oxygen atoms in total. The van der Waals surface area contributed by atoms with Crippen LogP contribution in [0.2, 0.25) is 0 Å². The van der Waals surface area contributed by atoms with Gasteiger partial charge in [0.25, 0.3) is 0 Å². The molecular weight excluding hydrogens is 307 g/mol. The Morgan fingerprint density at radius 1 is 1.25 bits per heavy atom. The largest absolute Gasteiger partial charge is 0.356 e. The third kappa shape index (κ3) is 4.13. The van der Waals surface area contributed by atoms with Crippen LogP contribution in [0, 0.1) is 11.7 Å². The number of nitrogens with zero attached hydrogens (tertiary/aromatic N) is 1. The molecule has 1 aromatic rings. The monoisotopic (exact) mass is 332 g/mol. The normalized spacial score (nSPS) is 18.1. The first kappa shape index (κ1) is 16.9. The van der Waals surface area contributed by atoms with E-state index in [2.05, 4.69) is 5.32 Å². The van der Waals surface area contributed by atoms with Gasteiger partial charge in [-0.25, -0.2) is 4.39 Å². The molecule has 1 N–H and O–H groups in total. The van der Waals surface area contributed by atoms with Gasteiger partial charge in [0.2, 0.25) is 11.8 Å². The minimum absolute atomic E-state index is 0.0499. The molecule has 24 heavy (non-hydrogen) atoms.